The number of thiophene rings is 1. The van der Waals surface area contributed by atoms with Crippen LogP contribution in [0.4, 0.5) is 11.4 Å². The second kappa shape index (κ2) is 9.14. The number of carbonyl (C=O) groups excluding carboxylic acids is 2. The molecule has 0 aliphatic carbocycles. The summed E-state index contributed by atoms with van der Waals surface area (Å²) >= 11 is 6.50. The molecule has 0 aliphatic rings. The lowest BCUT2D eigenvalue weighted by atomic mass is 10.2. The number of benzene rings is 1. The van der Waals surface area contributed by atoms with Gasteiger partial charge in [0.2, 0.25) is 5.91 Å². The van der Waals surface area contributed by atoms with Crippen LogP contribution in [0, 0.1) is 0 Å². The summed E-state index contributed by atoms with van der Waals surface area (Å²) in [6, 6.07) is 10.7. The molecule has 0 bridgehead atoms. The Morgan fingerprint density at radius 2 is 1.88 bits per heavy atom. The Hall–Kier alpha value is -2.25. The van der Waals surface area contributed by atoms with Gasteiger partial charge >= 0.3 is 0 Å². The zero-order valence-corrected chi connectivity index (χ0v) is 14.9. The van der Waals surface area contributed by atoms with Crippen LogP contribution in [0.15, 0.2) is 41.8 Å². The summed E-state index contributed by atoms with van der Waals surface area (Å²) in [6.45, 7) is 2.04. The molecule has 24 heavy (non-hydrogen) atoms. The summed E-state index contributed by atoms with van der Waals surface area (Å²) in [5.41, 5.74) is 1.38. The Morgan fingerprint density at radius 3 is 2.54 bits per heavy atom. The minimum atomic E-state index is -0.244. The molecule has 1 aromatic carbocycles. The highest BCUT2D eigenvalue weighted by atomic mass is 32.1. The van der Waals surface area contributed by atoms with E-state index in [0.717, 1.165) is 12.8 Å². The molecule has 2 rings (SSSR count). The molecule has 2 aromatic rings. The Balaban J connectivity index is 1.90. The highest BCUT2D eigenvalue weighted by molar-refractivity contribution is 7.80. The highest BCUT2D eigenvalue weighted by Crippen LogP contribution is 2.16. The van der Waals surface area contributed by atoms with E-state index < -0.39 is 0 Å². The van der Waals surface area contributed by atoms with Gasteiger partial charge in [0.05, 0.1) is 4.88 Å². The van der Waals surface area contributed by atoms with Crippen molar-refractivity contribution in [3.05, 3.63) is 46.7 Å². The summed E-state index contributed by atoms with van der Waals surface area (Å²) in [5, 5.41) is 10.5. The summed E-state index contributed by atoms with van der Waals surface area (Å²) < 4.78 is 0. The normalized spacial score (nSPS) is 10.0. The third-order valence-electron chi connectivity index (χ3n) is 3.13. The van der Waals surface area contributed by atoms with E-state index >= 15 is 0 Å². The number of nitrogens with one attached hydrogen (secondary N) is 3. The number of rotatable bonds is 6. The molecular formula is C17H19N3O2S2. The zero-order valence-electron chi connectivity index (χ0n) is 13.3. The standard InChI is InChI=1S/C17H19N3O2S2/c1-2-3-9-15(21)18-12-6-4-7-13(11-12)19-17(23)20-16(22)14-8-5-10-24-14/h4-8,10-11H,2-3,9H2,1H3,(H,18,21)(H2,19,20,22,23). The van der Waals surface area contributed by atoms with E-state index in [4.69, 9.17) is 12.2 Å². The molecule has 0 radical (unpaired) electrons. The molecule has 0 saturated carbocycles. The Kier molecular flexibility index (Phi) is 6.89. The molecule has 2 amide bonds. The van der Waals surface area contributed by atoms with Crippen molar-refractivity contribution in [1.29, 1.82) is 0 Å². The van der Waals surface area contributed by atoms with Crippen LogP contribution in [0.5, 0.6) is 0 Å². The molecule has 1 aromatic heterocycles. The number of unbranched alkanes of at least 4 members (excludes halogenated alkanes) is 1. The summed E-state index contributed by atoms with van der Waals surface area (Å²) in [6.07, 6.45) is 2.35. The third-order valence-corrected chi connectivity index (χ3v) is 4.21. The topological polar surface area (TPSA) is 70.2 Å². The van der Waals surface area contributed by atoms with E-state index in [-0.39, 0.29) is 16.9 Å². The third kappa shape index (κ3) is 5.75. The van der Waals surface area contributed by atoms with Crippen LogP contribution >= 0.6 is 23.6 Å². The Morgan fingerprint density at radius 1 is 1.12 bits per heavy atom. The molecule has 1 heterocycles. The van der Waals surface area contributed by atoms with Crippen molar-refractivity contribution in [3.8, 4) is 0 Å². The van der Waals surface area contributed by atoms with Crippen LogP contribution < -0.4 is 16.0 Å². The van der Waals surface area contributed by atoms with E-state index in [1.165, 1.54) is 11.3 Å². The molecule has 7 heteroatoms. The van der Waals surface area contributed by atoms with Gasteiger partial charge in [-0.1, -0.05) is 25.5 Å². The van der Waals surface area contributed by atoms with E-state index in [1.54, 1.807) is 18.2 Å². The van der Waals surface area contributed by atoms with Crippen molar-refractivity contribution >= 4 is 51.9 Å². The maximum absolute atomic E-state index is 11.9. The zero-order chi connectivity index (χ0) is 17.4. The van der Waals surface area contributed by atoms with Crippen LogP contribution in [0.1, 0.15) is 35.9 Å². The van der Waals surface area contributed by atoms with Gasteiger partial charge in [-0.25, -0.2) is 0 Å². The summed E-state index contributed by atoms with van der Waals surface area (Å²) in [7, 11) is 0. The van der Waals surface area contributed by atoms with Gasteiger partial charge in [-0.2, -0.15) is 0 Å². The van der Waals surface area contributed by atoms with Crippen LogP contribution in [0.2, 0.25) is 0 Å². The first kappa shape index (κ1) is 18.1. The molecule has 126 valence electrons. The van der Waals surface area contributed by atoms with Crippen molar-refractivity contribution < 1.29 is 9.59 Å². The van der Waals surface area contributed by atoms with E-state index in [2.05, 4.69) is 16.0 Å². The van der Waals surface area contributed by atoms with Gasteiger partial charge in [0.1, 0.15) is 0 Å². The Bertz CT molecular complexity index is 714. The molecular weight excluding hydrogens is 342 g/mol. The maximum atomic E-state index is 11.9. The number of hydrogen-bond donors (Lipinski definition) is 3. The fourth-order valence-corrected chi connectivity index (χ4v) is 2.80. The van der Waals surface area contributed by atoms with E-state index in [1.807, 2.05) is 30.5 Å². The van der Waals surface area contributed by atoms with Gasteiger partial charge in [-0.3, -0.25) is 14.9 Å². The highest BCUT2D eigenvalue weighted by Gasteiger charge is 2.09. The predicted octanol–water partition coefficient (Wildman–Crippen LogP) is 4.00. The number of thiocarbonyl (C=S) groups is 1. The smallest absolute Gasteiger partial charge is 0.267 e. The predicted molar refractivity (Wildman–Crippen MR) is 103 cm³/mol. The van der Waals surface area contributed by atoms with Crippen molar-refractivity contribution in [2.75, 3.05) is 10.6 Å². The van der Waals surface area contributed by atoms with Gasteiger partial charge in [0, 0.05) is 17.8 Å². The van der Waals surface area contributed by atoms with Crippen LogP contribution in [-0.4, -0.2) is 16.9 Å². The number of anilines is 2. The fraction of sp³-hybridized carbons (Fsp3) is 0.235. The molecule has 0 spiro atoms. The first-order valence-electron chi connectivity index (χ1n) is 7.64. The molecule has 5 nitrogen and oxygen atoms in total. The SMILES string of the molecule is CCCCC(=O)Nc1cccc(NC(=S)NC(=O)c2cccs2)c1. The van der Waals surface area contributed by atoms with Gasteiger partial charge in [0.15, 0.2) is 5.11 Å². The second-order valence-corrected chi connectivity index (χ2v) is 6.47. The molecule has 0 atom stereocenters. The minimum absolute atomic E-state index is 0.0115. The van der Waals surface area contributed by atoms with Gasteiger partial charge in [-0.15, -0.1) is 11.3 Å². The fourth-order valence-electron chi connectivity index (χ4n) is 1.97. The maximum Gasteiger partial charge on any atom is 0.267 e. The Labute approximate surface area is 150 Å². The summed E-state index contributed by atoms with van der Waals surface area (Å²) in [5.74, 6) is -0.255. The monoisotopic (exact) mass is 361 g/mol. The van der Waals surface area contributed by atoms with Crippen molar-refractivity contribution in [2.24, 2.45) is 0 Å². The van der Waals surface area contributed by atoms with E-state index in [9.17, 15) is 9.59 Å². The molecule has 0 saturated heterocycles. The van der Waals surface area contributed by atoms with Gasteiger partial charge < -0.3 is 10.6 Å². The van der Waals surface area contributed by atoms with Crippen LogP contribution in [-0.2, 0) is 4.79 Å². The number of amides is 2. The largest absolute Gasteiger partial charge is 0.332 e. The first-order valence-corrected chi connectivity index (χ1v) is 8.93. The number of hydrogen-bond acceptors (Lipinski definition) is 4. The first-order chi connectivity index (χ1) is 11.6. The number of carbonyl (C=O) groups is 2. The lowest BCUT2D eigenvalue weighted by Gasteiger charge is -2.11. The van der Waals surface area contributed by atoms with Crippen LogP contribution in [0.25, 0.3) is 0 Å². The lowest BCUT2D eigenvalue weighted by Crippen LogP contribution is -2.33. The molecule has 3 N–H and O–H groups in total. The molecule has 0 unspecified atom stereocenters. The van der Waals surface area contributed by atoms with Crippen molar-refractivity contribution in [3.63, 3.8) is 0 Å². The lowest BCUT2D eigenvalue weighted by molar-refractivity contribution is -0.116. The van der Waals surface area contributed by atoms with Crippen LogP contribution in [0.3, 0.4) is 0 Å². The average Bonchev–Trinajstić information content (AvgIpc) is 3.07. The molecule has 0 aliphatic heterocycles. The minimum Gasteiger partial charge on any atom is -0.332 e. The average molecular weight is 361 g/mol. The summed E-state index contributed by atoms with van der Waals surface area (Å²) in [4.78, 5) is 24.3. The quantitative estimate of drug-likeness (QED) is 0.680. The second-order valence-electron chi connectivity index (χ2n) is 5.12. The van der Waals surface area contributed by atoms with Gasteiger partial charge in [-0.05, 0) is 48.3 Å². The van der Waals surface area contributed by atoms with Crippen molar-refractivity contribution in [2.45, 2.75) is 26.2 Å². The van der Waals surface area contributed by atoms with E-state index in [0.29, 0.717) is 22.7 Å². The van der Waals surface area contributed by atoms with Crippen molar-refractivity contribution in [1.82, 2.24) is 5.32 Å². The van der Waals surface area contributed by atoms with Gasteiger partial charge in [0.25, 0.3) is 5.91 Å². The molecule has 0 fully saturated rings.